The van der Waals surface area contributed by atoms with Gasteiger partial charge in [-0.15, -0.1) is 0 Å². The third-order valence-electron chi connectivity index (χ3n) is 5.15. The van der Waals surface area contributed by atoms with Crippen molar-refractivity contribution in [2.75, 3.05) is 19.7 Å². The van der Waals surface area contributed by atoms with Gasteiger partial charge in [0.25, 0.3) is 0 Å². The third kappa shape index (κ3) is 4.15. The number of nitrogens with zero attached hydrogens (tertiary/aromatic N) is 2. The maximum atomic E-state index is 12.9. The fourth-order valence-corrected chi connectivity index (χ4v) is 3.75. The molecule has 0 aliphatic carbocycles. The molecule has 0 radical (unpaired) electrons. The lowest BCUT2D eigenvalue weighted by Gasteiger charge is -2.32. The molecular formula is C21H25N3O3. The zero-order valence-electron chi connectivity index (χ0n) is 15.3. The van der Waals surface area contributed by atoms with E-state index in [1.807, 2.05) is 41.3 Å². The molecule has 1 fully saturated rings. The van der Waals surface area contributed by atoms with Crippen LogP contribution in [0.25, 0.3) is 0 Å². The Morgan fingerprint density at radius 1 is 1.11 bits per heavy atom. The van der Waals surface area contributed by atoms with Crippen LogP contribution in [0, 0.1) is 0 Å². The zero-order chi connectivity index (χ0) is 18.5. The minimum atomic E-state index is -0.185. The average Bonchev–Trinajstić information content (AvgIpc) is 2.99. The number of nitrogens with one attached hydrogen (secondary N) is 1. The summed E-state index contributed by atoms with van der Waals surface area (Å²) in [5, 5.41) is 3.05. The van der Waals surface area contributed by atoms with Gasteiger partial charge in [-0.2, -0.15) is 0 Å². The third-order valence-corrected chi connectivity index (χ3v) is 5.15. The molecule has 4 rings (SSSR count). The highest BCUT2D eigenvalue weighted by Gasteiger charge is 2.28. The largest absolute Gasteiger partial charge is 0.486 e. The number of aromatic nitrogens is 1. The lowest BCUT2D eigenvalue weighted by Crippen LogP contribution is -2.47. The number of rotatable bonds is 3. The molecule has 0 spiro atoms. The first-order valence-corrected chi connectivity index (χ1v) is 9.64. The van der Waals surface area contributed by atoms with E-state index in [0.29, 0.717) is 13.2 Å². The van der Waals surface area contributed by atoms with Crippen LogP contribution in [-0.2, 0) is 0 Å². The Balaban J connectivity index is 1.39. The molecule has 2 amide bonds. The van der Waals surface area contributed by atoms with E-state index in [0.717, 1.165) is 49.3 Å². The SMILES string of the molecule is O=C(NCC1COc2ccccc2O1)N1CCCCCC1c1ccncc1. The predicted molar refractivity (Wildman–Crippen MR) is 102 cm³/mol. The smallest absolute Gasteiger partial charge is 0.318 e. The molecule has 3 heterocycles. The number of hydrogen-bond acceptors (Lipinski definition) is 4. The minimum Gasteiger partial charge on any atom is -0.486 e. The van der Waals surface area contributed by atoms with Gasteiger partial charge in [-0.3, -0.25) is 4.98 Å². The molecule has 2 unspecified atom stereocenters. The Labute approximate surface area is 159 Å². The van der Waals surface area contributed by atoms with Crippen LogP contribution in [0.2, 0.25) is 0 Å². The number of likely N-dealkylation sites (tertiary alicyclic amines) is 1. The van der Waals surface area contributed by atoms with E-state index in [-0.39, 0.29) is 18.2 Å². The number of ether oxygens (including phenoxy) is 2. The summed E-state index contributed by atoms with van der Waals surface area (Å²) >= 11 is 0. The number of hydrogen-bond donors (Lipinski definition) is 1. The number of urea groups is 1. The van der Waals surface area contributed by atoms with Crippen molar-refractivity contribution in [3.05, 3.63) is 54.4 Å². The quantitative estimate of drug-likeness (QED) is 0.901. The Bertz CT molecular complexity index is 768. The number of carbonyl (C=O) groups excluding carboxylic acids is 1. The van der Waals surface area contributed by atoms with E-state index < -0.39 is 0 Å². The average molecular weight is 367 g/mol. The van der Waals surface area contributed by atoms with Crippen LogP contribution in [0.5, 0.6) is 11.5 Å². The second kappa shape index (κ2) is 8.29. The molecule has 0 bridgehead atoms. The van der Waals surface area contributed by atoms with Gasteiger partial charge in [0.2, 0.25) is 0 Å². The fraction of sp³-hybridized carbons (Fsp3) is 0.429. The molecule has 2 atom stereocenters. The van der Waals surface area contributed by atoms with Crippen molar-refractivity contribution < 1.29 is 14.3 Å². The maximum absolute atomic E-state index is 12.9. The zero-order valence-corrected chi connectivity index (χ0v) is 15.3. The number of pyridine rings is 1. The molecule has 2 aromatic rings. The molecule has 6 heteroatoms. The molecule has 27 heavy (non-hydrogen) atoms. The van der Waals surface area contributed by atoms with Gasteiger partial charge in [-0.1, -0.05) is 25.0 Å². The van der Waals surface area contributed by atoms with Crippen LogP contribution in [0.3, 0.4) is 0 Å². The summed E-state index contributed by atoms with van der Waals surface area (Å²) in [6, 6.07) is 11.7. The monoisotopic (exact) mass is 367 g/mol. The predicted octanol–water partition coefficient (Wildman–Crippen LogP) is 3.55. The van der Waals surface area contributed by atoms with Crippen molar-refractivity contribution in [1.29, 1.82) is 0 Å². The van der Waals surface area contributed by atoms with Crippen molar-refractivity contribution in [3.8, 4) is 11.5 Å². The summed E-state index contributed by atoms with van der Waals surface area (Å²) < 4.78 is 11.7. The molecule has 2 aliphatic heterocycles. The van der Waals surface area contributed by atoms with Gasteiger partial charge in [0.15, 0.2) is 17.6 Å². The van der Waals surface area contributed by atoms with Crippen LogP contribution in [0.15, 0.2) is 48.8 Å². The van der Waals surface area contributed by atoms with E-state index in [1.54, 1.807) is 12.4 Å². The van der Waals surface area contributed by atoms with Gasteiger partial charge < -0.3 is 19.7 Å². The number of para-hydroxylation sites is 2. The summed E-state index contributed by atoms with van der Waals surface area (Å²) in [6.45, 7) is 1.63. The Morgan fingerprint density at radius 2 is 1.93 bits per heavy atom. The minimum absolute atomic E-state index is 0.0406. The number of amides is 2. The first kappa shape index (κ1) is 17.6. The summed E-state index contributed by atoms with van der Waals surface area (Å²) in [4.78, 5) is 19.0. The fourth-order valence-electron chi connectivity index (χ4n) is 3.75. The van der Waals surface area contributed by atoms with Crippen LogP contribution < -0.4 is 14.8 Å². The lowest BCUT2D eigenvalue weighted by atomic mass is 10.0. The molecule has 0 saturated carbocycles. The van der Waals surface area contributed by atoms with Crippen molar-refractivity contribution in [3.63, 3.8) is 0 Å². The highest BCUT2D eigenvalue weighted by Crippen LogP contribution is 2.31. The summed E-state index contributed by atoms with van der Waals surface area (Å²) in [5.74, 6) is 1.48. The second-order valence-corrected chi connectivity index (χ2v) is 7.02. The van der Waals surface area contributed by atoms with Crippen molar-refractivity contribution in [2.45, 2.75) is 37.8 Å². The molecular weight excluding hydrogens is 342 g/mol. The van der Waals surface area contributed by atoms with E-state index in [9.17, 15) is 4.79 Å². The van der Waals surface area contributed by atoms with Crippen LogP contribution in [0.4, 0.5) is 4.79 Å². The Kier molecular flexibility index (Phi) is 5.42. The van der Waals surface area contributed by atoms with Crippen molar-refractivity contribution >= 4 is 6.03 Å². The second-order valence-electron chi connectivity index (χ2n) is 7.02. The molecule has 1 aromatic heterocycles. The van der Waals surface area contributed by atoms with Gasteiger partial charge in [-0.05, 0) is 42.7 Å². The van der Waals surface area contributed by atoms with E-state index in [2.05, 4.69) is 10.3 Å². The van der Waals surface area contributed by atoms with Crippen LogP contribution >= 0.6 is 0 Å². The maximum Gasteiger partial charge on any atom is 0.318 e. The molecule has 142 valence electrons. The first-order valence-electron chi connectivity index (χ1n) is 9.64. The molecule has 1 N–H and O–H groups in total. The van der Waals surface area contributed by atoms with E-state index >= 15 is 0 Å². The highest BCUT2D eigenvalue weighted by atomic mass is 16.6. The summed E-state index contributed by atoms with van der Waals surface area (Å²) in [7, 11) is 0. The number of carbonyl (C=O) groups is 1. The van der Waals surface area contributed by atoms with Gasteiger partial charge >= 0.3 is 6.03 Å². The number of fused-ring (bicyclic) bond motifs is 1. The van der Waals surface area contributed by atoms with Gasteiger partial charge in [0, 0.05) is 18.9 Å². The van der Waals surface area contributed by atoms with Crippen molar-refractivity contribution in [1.82, 2.24) is 15.2 Å². The normalized spacial score (nSPS) is 22.0. The lowest BCUT2D eigenvalue weighted by molar-refractivity contribution is 0.0891. The standard InChI is InChI=1S/C21H25N3O3/c25-21(23-14-17-15-26-19-7-3-4-8-20(19)27-17)24-13-5-1-2-6-18(24)16-9-11-22-12-10-16/h3-4,7-12,17-18H,1-2,5-6,13-15H2,(H,23,25). The van der Waals surface area contributed by atoms with Gasteiger partial charge in [0.05, 0.1) is 12.6 Å². The van der Waals surface area contributed by atoms with Gasteiger partial charge in [-0.25, -0.2) is 4.79 Å². The number of benzene rings is 1. The van der Waals surface area contributed by atoms with Gasteiger partial charge in [0.1, 0.15) is 6.61 Å². The van der Waals surface area contributed by atoms with Crippen LogP contribution in [-0.4, -0.2) is 41.7 Å². The van der Waals surface area contributed by atoms with E-state index in [1.165, 1.54) is 0 Å². The Hall–Kier alpha value is -2.76. The first-order chi connectivity index (χ1) is 13.3. The summed E-state index contributed by atoms with van der Waals surface area (Å²) in [6.07, 6.45) is 7.70. The summed E-state index contributed by atoms with van der Waals surface area (Å²) in [5.41, 5.74) is 1.15. The van der Waals surface area contributed by atoms with E-state index in [4.69, 9.17) is 9.47 Å². The topological polar surface area (TPSA) is 63.7 Å². The molecule has 6 nitrogen and oxygen atoms in total. The van der Waals surface area contributed by atoms with Crippen LogP contribution in [0.1, 0.15) is 37.3 Å². The molecule has 1 aromatic carbocycles. The molecule has 2 aliphatic rings. The molecule has 1 saturated heterocycles. The Morgan fingerprint density at radius 3 is 2.78 bits per heavy atom. The van der Waals surface area contributed by atoms with Crippen molar-refractivity contribution in [2.24, 2.45) is 0 Å². The highest BCUT2D eigenvalue weighted by molar-refractivity contribution is 5.74.